The highest BCUT2D eigenvalue weighted by molar-refractivity contribution is 8.03. The molecule has 2 aliphatic rings. The monoisotopic (exact) mass is 487 g/mol. The molecule has 172 valence electrons. The number of nitrogens with zero attached hydrogens (tertiary/aromatic N) is 2. The smallest absolute Gasteiger partial charge is 0.201 e. The van der Waals surface area contributed by atoms with Gasteiger partial charge in [0.25, 0.3) is 0 Å². The molecular weight excluding hydrogens is 462 g/mol. The number of aliphatic imine (C=N–C) groups is 1. The second kappa shape index (κ2) is 8.97. The lowest BCUT2D eigenvalue weighted by atomic mass is 9.75. The summed E-state index contributed by atoms with van der Waals surface area (Å²) in [5.41, 5.74) is 10.1. The summed E-state index contributed by atoms with van der Waals surface area (Å²) in [7, 11) is 0. The average Bonchev–Trinajstić information content (AvgIpc) is 2.94. The topological polar surface area (TPSA) is 58.7 Å². The number of allylic oxidation sites excluding steroid dienone is 1. The first-order valence-corrected chi connectivity index (χ1v) is 12.5. The molecule has 0 radical (unpaired) electrons. The summed E-state index contributed by atoms with van der Waals surface area (Å²) in [6.07, 6.45) is 1.33. The minimum absolute atomic E-state index is 0.0960. The summed E-state index contributed by atoms with van der Waals surface area (Å²) in [6, 6.07) is 25.1. The number of rotatable bonds is 2. The number of carbonyl (C=O) groups is 1. The fraction of sp³-hybridized carbons (Fsp3) is 0.214. The predicted octanol–water partition coefficient (Wildman–Crippen LogP) is 7.28. The summed E-state index contributed by atoms with van der Waals surface area (Å²) >= 11 is 7.91. The van der Waals surface area contributed by atoms with Gasteiger partial charge in [0.1, 0.15) is 0 Å². The first-order chi connectivity index (χ1) is 16.3. The van der Waals surface area contributed by atoms with E-state index in [4.69, 9.17) is 22.3 Å². The quantitative estimate of drug-likeness (QED) is 0.304. The SMILES string of the molecule is CC1(C)CC(=O)C2=C(C1)Sc1ccccc1N(C(N)=Nc1ccccc1)C2c1ccc(Cl)cc1. The normalized spacial score (nSPS) is 20.0. The second-order valence-electron chi connectivity index (χ2n) is 9.48. The minimum Gasteiger partial charge on any atom is -0.369 e. The predicted molar refractivity (Wildman–Crippen MR) is 142 cm³/mol. The summed E-state index contributed by atoms with van der Waals surface area (Å²) < 4.78 is 0. The van der Waals surface area contributed by atoms with Crippen molar-refractivity contribution in [3.8, 4) is 0 Å². The van der Waals surface area contributed by atoms with Crippen LogP contribution in [0.15, 0.2) is 99.2 Å². The molecule has 1 aliphatic heterocycles. The molecule has 0 bridgehead atoms. The van der Waals surface area contributed by atoms with E-state index in [1.807, 2.05) is 77.7 Å². The zero-order chi connectivity index (χ0) is 23.9. The Morgan fingerprint density at radius 3 is 2.41 bits per heavy atom. The number of nitrogens with two attached hydrogens (primary N) is 1. The van der Waals surface area contributed by atoms with Gasteiger partial charge >= 0.3 is 0 Å². The van der Waals surface area contributed by atoms with E-state index >= 15 is 0 Å². The van der Waals surface area contributed by atoms with Crippen LogP contribution >= 0.6 is 23.4 Å². The lowest BCUT2D eigenvalue weighted by molar-refractivity contribution is -0.118. The summed E-state index contributed by atoms with van der Waals surface area (Å²) in [5, 5.41) is 0.648. The molecule has 2 N–H and O–H groups in total. The van der Waals surface area contributed by atoms with Crippen molar-refractivity contribution in [2.75, 3.05) is 4.90 Å². The van der Waals surface area contributed by atoms with Crippen molar-refractivity contribution in [1.82, 2.24) is 0 Å². The van der Waals surface area contributed by atoms with Crippen molar-refractivity contribution in [2.24, 2.45) is 16.1 Å². The number of fused-ring (bicyclic) bond motifs is 1. The van der Waals surface area contributed by atoms with Crippen LogP contribution in [-0.2, 0) is 4.79 Å². The molecule has 4 nitrogen and oxygen atoms in total. The molecule has 0 amide bonds. The van der Waals surface area contributed by atoms with Gasteiger partial charge in [-0.15, -0.1) is 0 Å². The number of halogens is 1. The highest BCUT2D eigenvalue weighted by Gasteiger charge is 2.42. The van der Waals surface area contributed by atoms with Gasteiger partial charge < -0.3 is 5.73 Å². The third-order valence-corrected chi connectivity index (χ3v) is 7.63. The molecule has 1 aliphatic carbocycles. The van der Waals surface area contributed by atoms with Crippen molar-refractivity contribution < 1.29 is 4.79 Å². The standard InChI is InChI=1S/C28H26ClN3OS/c1-28(2)16-22(33)25-24(17-28)34-23-11-7-6-10-21(23)32(26(25)18-12-14-19(29)15-13-18)27(30)31-20-8-4-3-5-9-20/h3-15,26H,16-17H2,1-2H3,(H2,30,31). The van der Waals surface area contributed by atoms with Crippen LogP contribution in [0.3, 0.4) is 0 Å². The summed E-state index contributed by atoms with van der Waals surface area (Å²) in [5.74, 6) is 0.495. The summed E-state index contributed by atoms with van der Waals surface area (Å²) in [4.78, 5) is 22.6. The Morgan fingerprint density at radius 1 is 1.00 bits per heavy atom. The van der Waals surface area contributed by atoms with Crippen LogP contribution in [0.5, 0.6) is 0 Å². The molecule has 34 heavy (non-hydrogen) atoms. The van der Waals surface area contributed by atoms with E-state index in [1.165, 1.54) is 0 Å². The lowest BCUT2D eigenvalue weighted by Crippen LogP contribution is -2.43. The number of hydrogen-bond donors (Lipinski definition) is 1. The van der Waals surface area contributed by atoms with Crippen LogP contribution in [0, 0.1) is 5.41 Å². The molecule has 0 saturated carbocycles. The van der Waals surface area contributed by atoms with Gasteiger partial charge in [0.2, 0.25) is 5.96 Å². The zero-order valence-electron chi connectivity index (χ0n) is 19.2. The fourth-order valence-electron chi connectivity index (χ4n) is 4.72. The van der Waals surface area contributed by atoms with E-state index in [0.29, 0.717) is 17.4 Å². The second-order valence-corrected chi connectivity index (χ2v) is 11.1. The highest BCUT2D eigenvalue weighted by atomic mass is 35.5. The Morgan fingerprint density at radius 2 is 1.68 bits per heavy atom. The molecule has 3 aromatic carbocycles. The maximum atomic E-state index is 13.7. The Balaban J connectivity index is 1.77. The molecule has 6 heteroatoms. The van der Waals surface area contributed by atoms with Crippen LogP contribution in [-0.4, -0.2) is 11.7 Å². The van der Waals surface area contributed by atoms with E-state index in [2.05, 4.69) is 19.9 Å². The van der Waals surface area contributed by atoms with Gasteiger partial charge in [0, 0.05) is 21.9 Å². The van der Waals surface area contributed by atoms with E-state index in [0.717, 1.165) is 38.7 Å². The van der Waals surface area contributed by atoms with Gasteiger partial charge in [0.05, 0.1) is 17.4 Å². The molecule has 0 aromatic heterocycles. The molecular formula is C28H26ClN3OS. The molecule has 3 aromatic rings. The minimum atomic E-state index is -0.403. The van der Waals surface area contributed by atoms with Gasteiger partial charge in [-0.25, -0.2) is 4.99 Å². The van der Waals surface area contributed by atoms with E-state index in [1.54, 1.807) is 11.8 Å². The van der Waals surface area contributed by atoms with E-state index in [-0.39, 0.29) is 11.2 Å². The molecule has 0 spiro atoms. The van der Waals surface area contributed by atoms with Gasteiger partial charge in [0.15, 0.2) is 5.78 Å². The van der Waals surface area contributed by atoms with Crippen LogP contribution in [0.4, 0.5) is 11.4 Å². The molecule has 0 saturated heterocycles. The van der Waals surface area contributed by atoms with Crippen LogP contribution in [0.2, 0.25) is 5.02 Å². The molecule has 0 fully saturated rings. The maximum Gasteiger partial charge on any atom is 0.201 e. The average molecular weight is 488 g/mol. The van der Waals surface area contributed by atoms with E-state index < -0.39 is 6.04 Å². The van der Waals surface area contributed by atoms with Crippen LogP contribution < -0.4 is 10.6 Å². The van der Waals surface area contributed by atoms with Crippen LogP contribution in [0.25, 0.3) is 0 Å². The van der Waals surface area contributed by atoms with Crippen molar-refractivity contribution in [3.05, 3.63) is 99.9 Å². The summed E-state index contributed by atoms with van der Waals surface area (Å²) in [6.45, 7) is 4.32. The van der Waals surface area contributed by atoms with Crippen molar-refractivity contribution in [2.45, 2.75) is 37.6 Å². The molecule has 1 atom stereocenters. The first kappa shape index (κ1) is 22.8. The number of Topliss-reactive ketones (excluding diaryl/α,β-unsaturated/α-hetero) is 1. The Bertz CT molecular complexity index is 1300. The van der Waals surface area contributed by atoms with E-state index in [9.17, 15) is 4.79 Å². The Kier molecular flexibility index (Phi) is 6.00. The molecule has 1 unspecified atom stereocenters. The number of para-hydroxylation sites is 2. The Hall–Kier alpha value is -3.02. The van der Waals surface area contributed by atoms with Crippen LogP contribution in [0.1, 0.15) is 38.3 Å². The number of hydrogen-bond acceptors (Lipinski definition) is 3. The number of carbonyl (C=O) groups excluding carboxylic acids is 1. The van der Waals surface area contributed by atoms with Gasteiger partial charge in [-0.1, -0.05) is 79.7 Å². The van der Waals surface area contributed by atoms with Crippen molar-refractivity contribution in [3.63, 3.8) is 0 Å². The fourth-order valence-corrected chi connectivity index (χ4v) is 6.33. The number of ketones is 1. The van der Waals surface area contributed by atoms with Crippen molar-refractivity contribution >= 4 is 46.5 Å². The Labute approximate surface area is 209 Å². The van der Waals surface area contributed by atoms with Gasteiger partial charge in [-0.3, -0.25) is 9.69 Å². The molecule has 5 rings (SSSR count). The third kappa shape index (κ3) is 4.38. The third-order valence-electron chi connectivity index (χ3n) is 6.20. The molecule has 1 heterocycles. The maximum absolute atomic E-state index is 13.7. The number of guanidine groups is 1. The number of thioether (sulfide) groups is 1. The highest BCUT2D eigenvalue weighted by Crippen LogP contribution is 2.53. The number of anilines is 1. The largest absolute Gasteiger partial charge is 0.369 e. The van der Waals surface area contributed by atoms with Crippen molar-refractivity contribution in [1.29, 1.82) is 0 Å². The first-order valence-electron chi connectivity index (χ1n) is 11.3. The van der Waals surface area contributed by atoms with Gasteiger partial charge in [-0.05, 0) is 58.7 Å². The van der Waals surface area contributed by atoms with Gasteiger partial charge in [-0.2, -0.15) is 0 Å². The zero-order valence-corrected chi connectivity index (χ0v) is 20.7. The number of benzene rings is 3. The lowest BCUT2D eigenvalue weighted by Gasteiger charge is -2.37.